The van der Waals surface area contributed by atoms with Crippen molar-refractivity contribution in [3.05, 3.63) is 47.3 Å². The largest absolute Gasteiger partial charge is 0.399 e. The normalized spacial score (nSPS) is 12.6. The molecule has 0 saturated heterocycles. The number of hydrogen-bond donors (Lipinski definition) is 2. The zero-order chi connectivity index (χ0) is 13.8. The molecular formula is C15H21N3O. The fourth-order valence-corrected chi connectivity index (χ4v) is 2.17. The topological polar surface area (TPSA) is 64.1 Å². The molecule has 19 heavy (non-hydrogen) atoms. The van der Waals surface area contributed by atoms with Gasteiger partial charge in [0.25, 0.3) is 0 Å². The summed E-state index contributed by atoms with van der Waals surface area (Å²) in [5.41, 5.74) is 9.45. The molecule has 0 saturated carbocycles. The summed E-state index contributed by atoms with van der Waals surface area (Å²) in [6, 6.07) is 9.47. The Kier molecular flexibility index (Phi) is 4.22. The number of nitrogens with two attached hydrogens (primary N) is 1. The van der Waals surface area contributed by atoms with Crippen LogP contribution in [-0.4, -0.2) is 14.9 Å². The van der Waals surface area contributed by atoms with E-state index in [9.17, 15) is 5.11 Å². The van der Waals surface area contributed by atoms with Gasteiger partial charge in [-0.05, 0) is 36.6 Å². The van der Waals surface area contributed by atoms with Gasteiger partial charge in [-0.25, -0.2) is 0 Å². The average Bonchev–Trinajstić information content (AvgIpc) is 2.81. The second-order valence-electron chi connectivity index (χ2n) is 4.70. The van der Waals surface area contributed by atoms with Crippen molar-refractivity contribution in [1.29, 1.82) is 0 Å². The highest BCUT2D eigenvalue weighted by Gasteiger charge is 2.12. The number of rotatable bonds is 5. The van der Waals surface area contributed by atoms with Crippen LogP contribution in [0.1, 0.15) is 36.9 Å². The summed E-state index contributed by atoms with van der Waals surface area (Å²) < 4.78 is 1.90. The molecule has 0 aliphatic carbocycles. The quantitative estimate of drug-likeness (QED) is 0.810. The lowest BCUT2D eigenvalue weighted by Gasteiger charge is -2.13. The Hall–Kier alpha value is -1.81. The summed E-state index contributed by atoms with van der Waals surface area (Å²) in [4.78, 5) is 0. The van der Waals surface area contributed by atoms with Crippen LogP contribution < -0.4 is 5.73 Å². The second kappa shape index (κ2) is 5.89. The van der Waals surface area contributed by atoms with E-state index < -0.39 is 6.10 Å². The minimum Gasteiger partial charge on any atom is -0.399 e. The van der Waals surface area contributed by atoms with Crippen LogP contribution in [0.2, 0.25) is 0 Å². The van der Waals surface area contributed by atoms with E-state index in [1.54, 1.807) is 6.07 Å². The number of hydrogen-bond acceptors (Lipinski definition) is 3. The summed E-state index contributed by atoms with van der Waals surface area (Å²) in [6.07, 6.45) is 1.24. The van der Waals surface area contributed by atoms with E-state index in [0.29, 0.717) is 12.2 Å². The molecule has 2 rings (SSSR count). The van der Waals surface area contributed by atoms with Crippen molar-refractivity contribution in [1.82, 2.24) is 9.78 Å². The summed E-state index contributed by atoms with van der Waals surface area (Å²) >= 11 is 0. The first-order valence-corrected chi connectivity index (χ1v) is 6.73. The van der Waals surface area contributed by atoms with Crippen molar-refractivity contribution in [3.63, 3.8) is 0 Å². The lowest BCUT2D eigenvalue weighted by atomic mass is 10.1. The second-order valence-corrected chi connectivity index (χ2v) is 4.70. The monoisotopic (exact) mass is 259 g/mol. The highest BCUT2D eigenvalue weighted by atomic mass is 16.3. The van der Waals surface area contributed by atoms with Gasteiger partial charge in [-0.15, -0.1) is 0 Å². The number of aliphatic hydroxyl groups excluding tert-OH is 1. The predicted molar refractivity (Wildman–Crippen MR) is 76.8 cm³/mol. The Morgan fingerprint density at radius 3 is 2.68 bits per heavy atom. The van der Waals surface area contributed by atoms with Crippen LogP contribution >= 0.6 is 0 Å². The minimum atomic E-state index is -0.585. The third-order valence-corrected chi connectivity index (χ3v) is 3.28. The maximum Gasteiger partial charge on any atom is 0.0986 e. The summed E-state index contributed by atoms with van der Waals surface area (Å²) in [7, 11) is 0. The van der Waals surface area contributed by atoms with Crippen molar-refractivity contribution in [2.45, 2.75) is 39.3 Å². The number of aromatic nitrogens is 2. The Bertz CT molecular complexity index is 548. The third kappa shape index (κ3) is 3.15. The molecule has 0 radical (unpaired) electrons. The molecule has 1 atom stereocenters. The van der Waals surface area contributed by atoms with Crippen molar-refractivity contribution >= 4 is 5.69 Å². The maximum absolute atomic E-state index is 10.3. The summed E-state index contributed by atoms with van der Waals surface area (Å²) in [6.45, 7) is 4.65. The first-order valence-electron chi connectivity index (χ1n) is 6.73. The molecule has 0 fully saturated rings. The number of nitrogen functional groups attached to an aromatic ring is 1. The average molecular weight is 259 g/mol. The zero-order valence-corrected chi connectivity index (χ0v) is 11.5. The van der Waals surface area contributed by atoms with Crippen LogP contribution in [0.15, 0.2) is 30.3 Å². The summed E-state index contributed by atoms with van der Waals surface area (Å²) in [5.74, 6) is 0. The lowest BCUT2D eigenvalue weighted by molar-refractivity contribution is 0.150. The van der Waals surface area contributed by atoms with Gasteiger partial charge in [0.05, 0.1) is 18.3 Å². The van der Waals surface area contributed by atoms with Crippen LogP contribution in [-0.2, 0) is 19.4 Å². The molecule has 0 aliphatic heterocycles. The van der Waals surface area contributed by atoms with Crippen LogP contribution in [0, 0.1) is 0 Å². The number of nitrogens with zero attached hydrogens (tertiary/aromatic N) is 2. The van der Waals surface area contributed by atoms with Gasteiger partial charge in [-0.2, -0.15) is 5.10 Å². The highest BCUT2D eigenvalue weighted by molar-refractivity contribution is 5.41. The van der Waals surface area contributed by atoms with Crippen molar-refractivity contribution in [2.75, 3.05) is 5.73 Å². The first-order chi connectivity index (χ1) is 9.13. The van der Waals surface area contributed by atoms with Gasteiger partial charge in [0.15, 0.2) is 0 Å². The smallest absolute Gasteiger partial charge is 0.0986 e. The lowest BCUT2D eigenvalue weighted by Crippen LogP contribution is -2.12. The minimum absolute atomic E-state index is 0.465. The Balaban J connectivity index is 2.18. The predicted octanol–water partition coefficient (Wildman–Crippen LogP) is 2.32. The van der Waals surface area contributed by atoms with Gasteiger partial charge in [-0.1, -0.05) is 26.0 Å². The Labute approximate surface area is 113 Å². The van der Waals surface area contributed by atoms with E-state index in [1.165, 1.54) is 0 Å². The maximum atomic E-state index is 10.3. The number of benzene rings is 1. The van der Waals surface area contributed by atoms with Gasteiger partial charge < -0.3 is 10.8 Å². The van der Waals surface area contributed by atoms with Crippen molar-refractivity contribution in [3.8, 4) is 0 Å². The Morgan fingerprint density at radius 2 is 2.05 bits per heavy atom. The Morgan fingerprint density at radius 1 is 1.26 bits per heavy atom. The van der Waals surface area contributed by atoms with E-state index in [4.69, 9.17) is 5.73 Å². The zero-order valence-electron chi connectivity index (χ0n) is 11.5. The molecule has 0 bridgehead atoms. The van der Waals surface area contributed by atoms with E-state index in [1.807, 2.05) is 22.9 Å². The van der Waals surface area contributed by atoms with Gasteiger partial charge in [0.2, 0.25) is 0 Å². The van der Waals surface area contributed by atoms with E-state index in [2.05, 4.69) is 25.0 Å². The molecule has 0 amide bonds. The van der Waals surface area contributed by atoms with Gasteiger partial charge >= 0.3 is 0 Å². The van der Waals surface area contributed by atoms with Gasteiger partial charge in [0.1, 0.15) is 0 Å². The third-order valence-electron chi connectivity index (χ3n) is 3.28. The molecule has 0 aliphatic rings. The first kappa shape index (κ1) is 13.6. The molecule has 2 aromatic rings. The van der Waals surface area contributed by atoms with Gasteiger partial charge in [-0.3, -0.25) is 4.68 Å². The van der Waals surface area contributed by atoms with E-state index in [-0.39, 0.29) is 0 Å². The molecule has 1 aromatic heterocycles. The molecular weight excluding hydrogens is 238 g/mol. The van der Waals surface area contributed by atoms with Crippen LogP contribution in [0.4, 0.5) is 5.69 Å². The highest BCUT2D eigenvalue weighted by Crippen LogP contribution is 2.19. The molecule has 0 spiro atoms. The van der Waals surface area contributed by atoms with E-state index in [0.717, 1.165) is 29.8 Å². The van der Waals surface area contributed by atoms with E-state index >= 15 is 0 Å². The standard InChI is InChI=1S/C15H21N3O/c1-3-13-9-14(4-2)18(17-13)10-15(19)11-6-5-7-12(16)8-11/h5-9,15,19H,3-4,10,16H2,1-2H3. The van der Waals surface area contributed by atoms with Crippen LogP contribution in [0.25, 0.3) is 0 Å². The van der Waals surface area contributed by atoms with Gasteiger partial charge in [0, 0.05) is 11.4 Å². The molecule has 102 valence electrons. The molecule has 4 nitrogen and oxygen atoms in total. The van der Waals surface area contributed by atoms with Crippen molar-refractivity contribution < 1.29 is 5.11 Å². The number of aryl methyl sites for hydroxylation is 2. The SMILES string of the molecule is CCc1cc(CC)n(CC(O)c2cccc(N)c2)n1. The molecule has 1 heterocycles. The summed E-state index contributed by atoms with van der Waals surface area (Å²) in [5, 5.41) is 14.8. The van der Waals surface area contributed by atoms with Crippen molar-refractivity contribution in [2.24, 2.45) is 0 Å². The molecule has 4 heteroatoms. The number of anilines is 1. The van der Waals surface area contributed by atoms with Crippen LogP contribution in [0.5, 0.6) is 0 Å². The molecule has 1 aromatic carbocycles. The molecule has 3 N–H and O–H groups in total. The fraction of sp³-hybridized carbons (Fsp3) is 0.400. The fourth-order valence-electron chi connectivity index (χ4n) is 2.17. The molecule has 1 unspecified atom stereocenters. The number of aliphatic hydroxyl groups is 1. The van der Waals surface area contributed by atoms with Crippen LogP contribution in [0.3, 0.4) is 0 Å².